The maximum Gasteiger partial charge on any atom is 0.255 e. The molecular formula is C13H15BrN4O. The highest BCUT2D eigenvalue weighted by molar-refractivity contribution is 9.10. The van der Waals surface area contributed by atoms with Crippen molar-refractivity contribution < 1.29 is 4.79 Å². The summed E-state index contributed by atoms with van der Waals surface area (Å²) in [6, 6.07) is 5.35. The number of aromatic nitrogens is 2. The van der Waals surface area contributed by atoms with Gasteiger partial charge in [0.05, 0.1) is 11.9 Å². The number of hydrogen-bond acceptors (Lipinski definition) is 3. The molecule has 1 aromatic carbocycles. The Hall–Kier alpha value is -1.82. The van der Waals surface area contributed by atoms with Gasteiger partial charge in [-0.25, -0.2) is 0 Å². The fourth-order valence-electron chi connectivity index (χ4n) is 1.63. The normalized spacial score (nSPS) is 10.7. The van der Waals surface area contributed by atoms with Gasteiger partial charge in [-0.1, -0.05) is 15.9 Å². The molecule has 0 spiro atoms. The fraction of sp³-hybridized carbons (Fsp3) is 0.231. The summed E-state index contributed by atoms with van der Waals surface area (Å²) in [5.41, 5.74) is 7.42. The smallest absolute Gasteiger partial charge is 0.255 e. The third-order valence-corrected chi connectivity index (χ3v) is 3.03. The maximum atomic E-state index is 12.1. The van der Waals surface area contributed by atoms with Crippen LogP contribution in [0.1, 0.15) is 30.2 Å². The number of anilines is 2. The van der Waals surface area contributed by atoms with E-state index in [2.05, 4.69) is 26.3 Å². The van der Waals surface area contributed by atoms with Crippen LogP contribution in [-0.2, 0) is 0 Å². The number of halogens is 1. The number of nitrogen functional groups attached to an aromatic ring is 1. The van der Waals surface area contributed by atoms with E-state index < -0.39 is 0 Å². The van der Waals surface area contributed by atoms with Gasteiger partial charge in [0.1, 0.15) is 0 Å². The van der Waals surface area contributed by atoms with E-state index in [1.807, 2.05) is 13.8 Å². The monoisotopic (exact) mass is 322 g/mol. The van der Waals surface area contributed by atoms with Crippen molar-refractivity contribution in [2.75, 3.05) is 11.1 Å². The Morgan fingerprint density at radius 3 is 2.74 bits per heavy atom. The number of carbonyl (C=O) groups excluding carboxylic acids is 1. The lowest BCUT2D eigenvalue weighted by Gasteiger charge is -2.05. The average molecular weight is 323 g/mol. The predicted molar refractivity (Wildman–Crippen MR) is 79.1 cm³/mol. The number of nitrogens with one attached hydrogen (secondary N) is 1. The van der Waals surface area contributed by atoms with Crippen LogP contribution in [0.3, 0.4) is 0 Å². The number of amides is 1. The van der Waals surface area contributed by atoms with Crippen molar-refractivity contribution in [1.29, 1.82) is 0 Å². The summed E-state index contributed by atoms with van der Waals surface area (Å²) in [6.45, 7) is 4.04. The Bertz CT molecular complexity index is 586. The summed E-state index contributed by atoms with van der Waals surface area (Å²) >= 11 is 3.31. The summed E-state index contributed by atoms with van der Waals surface area (Å²) in [4.78, 5) is 12.1. The molecule has 0 saturated carbocycles. The minimum absolute atomic E-state index is 0.212. The van der Waals surface area contributed by atoms with E-state index in [1.165, 1.54) is 0 Å². The number of rotatable bonds is 3. The average Bonchev–Trinajstić information content (AvgIpc) is 2.76. The lowest BCUT2D eigenvalue weighted by molar-refractivity contribution is 0.102. The summed E-state index contributed by atoms with van der Waals surface area (Å²) in [6.07, 6.45) is 3.42. The van der Waals surface area contributed by atoms with Crippen molar-refractivity contribution in [3.63, 3.8) is 0 Å². The van der Waals surface area contributed by atoms with Crippen molar-refractivity contribution in [2.24, 2.45) is 0 Å². The van der Waals surface area contributed by atoms with Crippen molar-refractivity contribution in [3.05, 3.63) is 40.6 Å². The molecule has 1 heterocycles. The van der Waals surface area contributed by atoms with Crippen LogP contribution in [0, 0.1) is 0 Å². The molecule has 2 rings (SSSR count). The SMILES string of the molecule is CC(C)n1cc(NC(=O)c2cc(N)cc(Br)c2)cn1. The van der Waals surface area contributed by atoms with E-state index in [-0.39, 0.29) is 11.9 Å². The molecule has 0 fully saturated rings. The Balaban J connectivity index is 2.15. The van der Waals surface area contributed by atoms with E-state index >= 15 is 0 Å². The van der Waals surface area contributed by atoms with Crippen LogP contribution in [0.2, 0.25) is 0 Å². The second kappa shape index (κ2) is 5.44. The minimum atomic E-state index is -0.212. The van der Waals surface area contributed by atoms with Crippen molar-refractivity contribution in [3.8, 4) is 0 Å². The first-order chi connectivity index (χ1) is 8.95. The molecule has 3 N–H and O–H groups in total. The second-order valence-electron chi connectivity index (χ2n) is 4.53. The Labute approximate surface area is 119 Å². The molecule has 19 heavy (non-hydrogen) atoms. The zero-order valence-electron chi connectivity index (χ0n) is 10.7. The van der Waals surface area contributed by atoms with E-state index in [9.17, 15) is 4.79 Å². The molecule has 0 radical (unpaired) electrons. The highest BCUT2D eigenvalue weighted by Crippen LogP contribution is 2.18. The topological polar surface area (TPSA) is 72.9 Å². The standard InChI is InChI=1S/C13H15BrN4O/c1-8(2)18-7-12(6-16-18)17-13(19)9-3-10(14)5-11(15)4-9/h3-8H,15H2,1-2H3,(H,17,19). The van der Waals surface area contributed by atoms with Gasteiger partial charge in [-0.2, -0.15) is 5.10 Å². The molecule has 5 nitrogen and oxygen atoms in total. The summed E-state index contributed by atoms with van der Waals surface area (Å²) in [5.74, 6) is -0.212. The third-order valence-electron chi connectivity index (χ3n) is 2.57. The molecule has 1 amide bonds. The first-order valence-corrected chi connectivity index (χ1v) is 6.66. The molecule has 100 valence electrons. The first kappa shape index (κ1) is 13.6. The first-order valence-electron chi connectivity index (χ1n) is 5.87. The van der Waals surface area contributed by atoms with Gasteiger partial charge in [-0.3, -0.25) is 9.48 Å². The molecular weight excluding hydrogens is 308 g/mol. The highest BCUT2D eigenvalue weighted by atomic mass is 79.9. The Morgan fingerprint density at radius 1 is 1.42 bits per heavy atom. The number of nitrogens with two attached hydrogens (primary N) is 1. The quantitative estimate of drug-likeness (QED) is 0.853. The minimum Gasteiger partial charge on any atom is -0.399 e. The Morgan fingerprint density at radius 2 is 2.16 bits per heavy atom. The molecule has 2 aromatic rings. The van der Waals surface area contributed by atoms with Crippen molar-refractivity contribution in [1.82, 2.24) is 9.78 Å². The number of hydrogen-bond donors (Lipinski definition) is 2. The summed E-state index contributed by atoms with van der Waals surface area (Å²) in [5, 5.41) is 6.95. The van der Waals surface area contributed by atoms with E-state index in [4.69, 9.17) is 5.73 Å². The van der Waals surface area contributed by atoms with Crippen LogP contribution in [0.4, 0.5) is 11.4 Å². The molecule has 0 atom stereocenters. The molecule has 0 aliphatic rings. The summed E-state index contributed by atoms with van der Waals surface area (Å²) in [7, 11) is 0. The van der Waals surface area contributed by atoms with Crippen LogP contribution >= 0.6 is 15.9 Å². The van der Waals surface area contributed by atoms with Crippen LogP contribution in [0.15, 0.2) is 35.1 Å². The summed E-state index contributed by atoms with van der Waals surface area (Å²) < 4.78 is 2.56. The van der Waals surface area contributed by atoms with Crippen LogP contribution in [-0.4, -0.2) is 15.7 Å². The van der Waals surface area contributed by atoms with Gasteiger partial charge in [0.15, 0.2) is 0 Å². The zero-order valence-corrected chi connectivity index (χ0v) is 12.3. The molecule has 0 aliphatic heterocycles. The van der Waals surface area contributed by atoms with Crippen LogP contribution in [0.25, 0.3) is 0 Å². The molecule has 6 heteroatoms. The molecule has 0 bridgehead atoms. The number of carbonyl (C=O) groups is 1. The zero-order chi connectivity index (χ0) is 14.0. The van der Waals surface area contributed by atoms with Crippen LogP contribution in [0.5, 0.6) is 0 Å². The van der Waals surface area contributed by atoms with Gasteiger partial charge in [0, 0.05) is 28.0 Å². The highest BCUT2D eigenvalue weighted by Gasteiger charge is 2.09. The largest absolute Gasteiger partial charge is 0.399 e. The fourth-order valence-corrected chi connectivity index (χ4v) is 2.14. The molecule has 0 saturated heterocycles. The lowest BCUT2D eigenvalue weighted by atomic mass is 10.2. The van der Waals surface area contributed by atoms with E-state index in [0.717, 1.165) is 4.47 Å². The third kappa shape index (κ3) is 3.35. The molecule has 0 unspecified atom stereocenters. The second-order valence-corrected chi connectivity index (χ2v) is 5.45. The van der Waals surface area contributed by atoms with E-state index in [1.54, 1.807) is 35.3 Å². The maximum absolute atomic E-state index is 12.1. The van der Waals surface area contributed by atoms with Crippen molar-refractivity contribution >= 4 is 33.2 Å². The van der Waals surface area contributed by atoms with Crippen molar-refractivity contribution in [2.45, 2.75) is 19.9 Å². The number of benzene rings is 1. The molecule has 0 aliphatic carbocycles. The Kier molecular flexibility index (Phi) is 3.90. The van der Waals surface area contributed by atoms with Gasteiger partial charge in [0.2, 0.25) is 0 Å². The van der Waals surface area contributed by atoms with E-state index in [0.29, 0.717) is 16.9 Å². The van der Waals surface area contributed by atoms with Gasteiger partial charge < -0.3 is 11.1 Å². The predicted octanol–water partition coefficient (Wildman–Crippen LogP) is 3.06. The van der Waals surface area contributed by atoms with Gasteiger partial charge >= 0.3 is 0 Å². The lowest BCUT2D eigenvalue weighted by Crippen LogP contribution is -2.12. The molecule has 1 aromatic heterocycles. The number of nitrogens with zero attached hydrogens (tertiary/aromatic N) is 2. The van der Waals surface area contributed by atoms with Crippen LogP contribution < -0.4 is 11.1 Å². The van der Waals surface area contributed by atoms with Gasteiger partial charge in [0.25, 0.3) is 5.91 Å². The van der Waals surface area contributed by atoms with Gasteiger partial charge in [-0.15, -0.1) is 0 Å². The van der Waals surface area contributed by atoms with Gasteiger partial charge in [-0.05, 0) is 32.0 Å².